The smallest absolute Gasteiger partial charge is 0.410 e. The van der Waals surface area contributed by atoms with Crippen LogP contribution < -0.4 is 27.4 Å². The molecule has 0 aliphatic carbocycles. The number of benzene rings is 4. The van der Waals surface area contributed by atoms with Gasteiger partial charge in [-0.3, -0.25) is 9.59 Å². The average molecular weight is 1200 g/mol. The van der Waals surface area contributed by atoms with Crippen molar-refractivity contribution in [2.75, 3.05) is 50.7 Å². The fraction of sp³-hybridized carbons (Fsp3) is 0.452. The highest BCUT2D eigenvalue weighted by Crippen LogP contribution is 2.38. The largest absolute Gasteiger partial charge is 0.481 e. The molecule has 440 valence electrons. The molecule has 3 fully saturated rings. The number of H-pyrrole nitrogens is 1. The summed E-state index contributed by atoms with van der Waals surface area (Å²) in [6, 6.07) is 34.2. The second-order valence-corrected chi connectivity index (χ2v) is 24.9. The predicted octanol–water partition coefficient (Wildman–Crippen LogP) is 12.2. The van der Waals surface area contributed by atoms with Crippen molar-refractivity contribution in [3.63, 3.8) is 0 Å². The van der Waals surface area contributed by atoms with E-state index >= 15 is 0 Å². The van der Waals surface area contributed by atoms with Crippen LogP contribution in [-0.4, -0.2) is 100 Å². The lowest BCUT2D eigenvalue weighted by Crippen LogP contribution is -2.48. The summed E-state index contributed by atoms with van der Waals surface area (Å²) in [4.78, 5) is 51.8. The normalized spacial score (nSPS) is 17.2. The van der Waals surface area contributed by atoms with Gasteiger partial charge in [0.25, 0.3) is 0 Å². The molecule has 16 nitrogen and oxygen atoms in total. The van der Waals surface area contributed by atoms with Crippen LogP contribution in [0.4, 0.5) is 10.6 Å². The number of carbonyl (C=O) groups is 3. The van der Waals surface area contributed by atoms with Crippen LogP contribution in [0.1, 0.15) is 122 Å². The first-order valence-corrected chi connectivity index (χ1v) is 29.1. The maximum Gasteiger partial charge on any atom is 0.410 e. The van der Waals surface area contributed by atoms with E-state index in [4.69, 9.17) is 73.1 Å². The Balaban J connectivity index is 0.000000178. The lowest BCUT2D eigenvalue weighted by Gasteiger charge is -2.40. The summed E-state index contributed by atoms with van der Waals surface area (Å²) in [5.74, 6) is -0.447. The molecule has 5 heterocycles. The quantitative estimate of drug-likeness (QED) is 0.0660. The van der Waals surface area contributed by atoms with Gasteiger partial charge in [-0.25, -0.2) is 14.8 Å². The number of aliphatic carboxylic acids is 1. The number of nitriles is 1. The molecule has 0 radical (unpaired) electrons. The molecule has 3 saturated heterocycles. The van der Waals surface area contributed by atoms with Gasteiger partial charge in [0.2, 0.25) is 0 Å². The van der Waals surface area contributed by atoms with Crippen molar-refractivity contribution in [1.82, 2.24) is 25.2 Å². The average Bonchev–Trinajstić information content (AvgIpc) is 4.09. The Hall–Kier alpha value is -6.00. The lowest BCUT2D eigenvalue weighted by molar-refractivity contribution is -0.155. The topological polar surface area (TPSA) is 252 Å². The number of halogens is 4. The minimum absolute atomic E-state index is 0.00615. The third kappa shape index (κ3) is 17.8. The fourth-order valence-corrected chi connectivity index (χ4v) is 10.9. The highest BCUT2D eigenvalue weighted by Gasteiger charge is 2.41. The van der Waals surface area contributed by atoms with E-state index in [2.05, 4.69) is 31.2 Å². The van der Waals surface area contributed by atoms with Crippen LogP contribution in [0.15, 0.2) is 116 Å². The first kappa shape index (κ1) is 65.2. The molecular weight excluding hydrogens is 1120 g/mol. The number of piperidine rings is 3. The van der Waals surface area contributed by atoms with E-state index in [0.717, 1.165) is 89.9 Å². The number of esters is 1. The molecular formula is C62H78Cl4N10O6. The number of carbonyl (C=O) groups excluding carboxylic acids is 2. The Morgan fingerprint density at radius 2 is 1.13 bits per heavy atom. The molecule has 1 atom stereocenters. The Kier molecular flexibility index (Phi) is 22.7. The number of aromatic nitrogens is 3. The van der Waals surface area contributed by atoms with Gasteiger partial charge < -0.3 is 51.9 Å². The Morgan fingerprint density at radius 1 is 0.659 bits per heavy atom. The van der Waals surface area contributed by atoms with Crippen LogP contribution in [0.5, 0.6) is 0 Å². The molecule has 0 bridgehead atoms. The zero-order valence-electron chi connectivity index (χ0n) is 47.8. The standard InChI is InChI=1S/C17H18ClN5.C17H21ClN2O2.C17H24ClNO4.C11H15ClN2/c18-13-3-1-12(2-4-13)17(19)6-9-23(10-7-17)16-14-5-8-20-15(14)21-11-22-16;1-16(2,3)22-15(21)20-10-8-17(12-19,9-11-20)13-4-6-14(18)7-5-13;1-16(2,3)23-14(20)8-9-17(10-11-19,15(21)22)12-4-6-13(18)7-5-12;12-10-3-1-9(2-4-10)11(13)5-7-14-8-6-11/h1-5,8,11H,6-7,9-10,19H2,(H,20,21,22);4-7H,8-11H2,1-3H3;4-7H,8-11,19H2,1-3H3,(H,21,22);1-4,14H,5-8,13H2. The van der Waals surface area contributed by atoms with Crippen LogP contribution >= 0.6 is 46.4 Å². The van der Waals surface area contributed by atoms with Crippen molar-refractivity contribution in [2.45, 2.75) is 132 Å². The number of nitrogens with zero attached hydrogens (tertiary/aromatic N) is 5. The van der Waals surface area contributed by atoms with E-state index in [9.17, 15) is 24.8 Å². The van der Waals surface area contributed by atoms with E-state index in [1.54, 1.807) is 68.4 Å². The lowest BCUT2D eigenvalue weighted by atomic mass is 9.74. The molecule has 3 aliphatic rings. The maximum atomic E-state index is 12.1. The maximum absolute atomic E-state index is 12.1. The van der Waals surface area contributed by atoms with Gasteiger partial charge in [-0.2, -0.15) is 5.26 Å². The number of amides is 1. The predicted molar refractivity (Wildman–Crippen MR) is 327 cm³/mol. The Labute approximate surface area is 502 Å². The number of hydrogen-bond donors (Lipinski definition) is 6. The van der Waals surface area contributed by atoms with Gasteiger partial charge >= 0.3 is 18.0 Å². The second kappa shape index (κ2) is 28.5. The van der Waals surface area contributed by atoms with E-state index in [1.165, 1.54) is 5.56 Å². The van der Waals surface area contributed by atoms with Crippen molar-refractivity contribution in [3.8, 4) is 6.07 Å². The second-order valence-electron chi connectivity index (χ2n) is 23.2. The minimum atomic E-state index is -1.23. The van der Waals surface area contributed by atoms with Crippen LogP contribution in [-0.2, 0) is 41.0 Å². The number of ether oxygens (including phenoxy) is 2. The first-order chi connectivity index (χ1) is 38.7. The first-order valence-electron chi connectivity index (χ1n) is 27.6. The van der Waals surface area contributed by atoms with E-state index < -0.39 is 34.0 Å². The number of aromatic amines is 1. The highest BCUT2D eigenvalue weighted by molar-refractivity contribution is 6.31. The molecule has 20 heteroatoms. The molecule has 0 saturated carbocycles. The van der Waals surface area contributed by atoms with E-state index in [-0.39, 0.29) is 43.0 Å². The minimum Gasteiger partial charge on any atom is -0.481 e. The summed E-state index contributed by atoms with van der Waals surface area (Å²) in [5, 5.41) is 26.5. The van der Waals surface area contributed by atoms with Crippen LogP contribution in [0.2, 0.25) is 20.1 Å². The Morgan fingerprint density at radius 3 is 1.60 bits per heavy atom. The van der Waals surface area contributed by atoms with Crippen LogP contribution in [0.3, 0.4) is 0 Å². The molecule has 2 aromatic heterocycles. The fourth-order valence-electron chi connectivity index (χ4n) is 10.3. The molecule has 1 amide bonds. The SMILES string of the molecule is CC(C)(C)OC(=O)CCC(CCN)(C(=O)O)c1ccc(Cl)cc1.CC(C)(C)OC(=O)N1CCC(C#N)(c2ccc(Cl)cc2)CC1.NC1(c2ccc(Cl)cc2)CCN(c2ncnc3[nH]ccc23)CC1.NC1(c2ccc(Cl)cc2)CCNCC1. The van der Waals surface area contributed by atoms with E-state index in [1.807, 2.05) is 93.7 Å². The Bertz CT molecular complexity index is 3070. The zero-order valence-corrected chi connectivity index (χ0v) is 50.8. The molecule has 1 unspecified atom stereocenters. The van der Waals surface area contributed by atoms with Crippen molar-refractivity contribution >= 4 is 81.3 Å². The number of nitrogens with one attached hydrogen (secondary N) is 2. The highest BCUT2D eigenvalue weighted by atomic mass is 35.5. The summed E-state index contributed by atoms with van der Waals surface area (Å²) in [5.41, 5.74) is 20.1. The molecule has 9 rings (SSSR count). The number of hydrogen-bond acceptors (Lipinski definition) is 13. The van der Waals surface area contributed by atoms with Gasteiger partial charge in [0.1, 0.15) is 29.0 Å². The molecule has 82 heavy (non-hydrogen) atoms. The van der Waals surface area contributed by atoms with Crippen molar-refractivity contribution in [1.29, 1.82) is 5.26 Å². The van der Waals surface area contributed by atoms with Gasteiger partial charge in [0, 0.05) is 70.0 Å². The molecule has 9 N–H and O–H groups in total. The number of anilines is 1. The van der Waals surface area contributed by atoms with Gasteiger partial charge in [0.15, 0.2) is 0 Å². The molecule has 6 aromatic rings. The summed E-state index contributed by atoms with van der Waals surface area (Å²) in [7, 11) is 0. The summed E-state index contributed by atoms with van der Waals surface area (Å²) < 4.78 is 10.6. The number of fused-ring (bicyclic) bond motifs is 1. The van der Waals surface area contributed by atoms with Gasteiger partial charge in [0.05, 0.1) is 22.3 Å². The molecule has 0 spiro atoms. The third-order valence-corrected chi connectivity index (χ3v) is 16.1. The molecule has 4 aromatic carbocycles. The summed E-state index contributed by atoms with van der Waals surface area (Å²) >= 11 is 23.6. The van der Waals surface area contributed by atoms with Crippen LogP contribution in [0.25, 0.3) is 11.0 Å². The van der Waals surface area contributed by atoms with Crippen molar-refractivity contribution in [3.05, 3.63) is 158 Å². The monoisotopic (exact) mass is 1200 g/mol. The number of likely N-dealkylation sites (tertiary alicyclic amines) is 1. The third-order valence-electron chi connectivity index (χ3n) is 15.1. The van der Waals surface area contributed by atoms with Gasteiger partial charge in [-0.1, -0.05) is 94.9 Å². The molecule has 3 aliphatic heterocycles. The number of nitrogens with two attached hydrogens (primary N) is 3. The summed E-state index contributed by atoms with van der Waals surface area (Å²) in [6.07, 6.45) is 8.50. The summed E-state index contributed by atoms with van der Waals surface area (Å²) in [6.45, 7) is 15.8. The number of carboxylic acid groups (broad SMARTS) is 1. The van der Waals surface area contributed by atoms with E-state index in [0.29, 0.717) is 41.5 Å². The zero-order chi connectivity index (χ0) is 59.9. The van der Waals surface area contributed by atoms with Crippen LogP contribution in [0, 0.1) is 11.3 Å². The van der Waals surface area contributed by atoms with Gasteiger partial charge in [-0.15, -0.1) is 0 Å². The van der Waals surface area contributed by atoms with Gasteiger partial charge in [-0.05, 0) is 189 Å². The van der Waals surface area contributed by atoms with Crippen molar-refractivity contribution < 1.29 is 29.0 Å². The number of carboxylic acids is 1. The number of rotatable bonds is 11. The van der Waals surface area contributed by atoms with Crippen molar-refractivity contribution in [2.24, 2.45) is 17.2 Å².